The first-order valence-electron chi connectivity index (χ1n) is 13.1. The lowest BCUT2D eigenvalue weighted by atomic mass is 9.94. The molecular weight excluding hydrogens is 625 g/mol. The Bertz CT molecular complexity index is 1040. The van der Waals surface area contributed by atoms with Crippen LogP contribution in [0.15, 0.2) is 0 Å². The van der Waals surface area contributed by atoms with Crippen LogP contribution >= 0.6 is 50.5 Å². The van der Waals surface area contributed by atoms with Crippen molar-refractivity contribution in [2.45, 2.75) is 82.8 Å². The maximum Gasteiger partial charge on any atom is 0.247 e. The number of rotatable bonds is 16. The molecule has 0 aliphatic heterocycles. The Morgan fingerprint density at radius 1 is 0.595 bits per heavy atom. The Balaban J connectivity index is 6.00. The van der Waals surface area contributed by atoms with Crippen LogP contribution in [0.4, 0.5) is 0 Å². The van der Waals surface area contributed by atoms with E-state index in [9.17, 15) is 33.9 Å². The summed E-state index contributed by atoms with van der Waals surface area (Å²) in [6.07, 6.45) is -1.24. The number of hydrogen-bond acceptors (Lipinski definition) is 11. The minimum atomic E-state index is -1.71. The summed E-state index contributed by atoms with van der Waals surface area (Å²) in [4.78, 5) is 77.7. The minimum absolute atomic E-state index is 0.0709. The molecule has 0 aliphatic carbocycles. The van der Waals surface area contributed by atoms with Gasteiger partial charge in [-0.1, -0.05) is 13.8 Å². The van der Waals surface area contributed by atoms with Crippen LogP contribution in [0.5, 0.6) is 0 Å². The van der Waals surface area contributed by atoms with Crippen molar-refractivity contribution in [2.75, 3.05) is 30.1 Å². The Hall–Kier alpha value is -1.82. The molecule has 7 N–H and O–H groups in total. The molecule has 0 fully saturated rings. The van der Waals surface area contributed by atoms with E-state index in [-0.39, 0.29) is 28.9 Å². The highest BCUT2D eigenvalue weighted by Crippen LogP contribution is 2.18. The van der Waals surface area contributed by atoms with Gasteiger partial charge in [-0.3, -0.25) is 28.8 Å². The lowest BCUT2D eigenvalue weighted by molar-refractivity contribution is -0.141. The van der Waals surface area contributed by atoms with Crippen molar-refractivity contribution >= 4 is 86.0 Å². The van der Waals surface area contributed by atoms with Crippen LogP contribution in [0, 0.1) is 5.92 Å². The van der Waals surface area contributed by atoms with Gasteiger partial charge in [0.2, 0.25) is 35.4 Å². The number of carbonyl (C=O) groups is 6. The zero-order valence-electron chi connectivity index (χ0n) is 25.2. The van der Waals surface area contributed by atoms with E-state index in [2.05, 4.69) is 82.4 Å². The summed E-state index contributed by atoms with van der Waals surface area (Å²) in [6.45, 7) is 10.2. The molecule has 0 unspecified atom stereocenters. The number of amides is 6. The lowest BCUT2D eigenvalue weighted by Gasteiger charge is -2.39. The van der Waals surface area contributed by atoms with Gasteiger partial charge < -0.3 is 37.0 Å². The number of carbonyl (C=O) groups excluding carboxylic acids is 6. The molecule has 0 bridgehead atoms. The van der Waals surface area contributed by atoms with Gasteiger partial charge in [0, 0.05) is 36.0 Å². The molecule has 0 aromatic heterocycles. The molecule has 6 atom stereocenters. The fourth-order valence-electron chi connectivity index (χ4n) is 3.12. The number of likely N-dealkylation sites (N-methyl/N-ethyl adjacent to an activating group) is 1. The summed E-state index contributed by atoms with van der Waals surface area (Å²) in [5, 5.41) is 25.1. The van der Waals surface area contributed by atoms with Crippen LogP contribution in [0.25, 0.3) is 0 Å². The molecule has 0 saturated heterocycles. The van der Waals surface area contributed by atoms with Gasteiger partial charge in [-0.2, -0.15) is 50.5 Å². The Morgan fingerprint density at radius 3 is 1.17 bits per heavy atom. The van der Waals surface area contributed by atoms with Crippen molar-refractivity contribution in [3.63, 3.8) is 0 Å². The van der Waals surface area contributed by atoms with Gasteiger partial charge in [-0.05, 0) is 34.6 Å². The summed E-state index contributed by atoms with van der Waals surface area (Å²) < 4.78 is 0. The third-order valence-electron chi connectivity index (χ3n) is 6.66. The van der Waals surface area contributed by atoms with Crippen molar-refractivity contribution in [3.8, 4) is 0 Å². The van der Waals surface area contributed by atoms with Gasteiger partial charge in [-0.15, -0.1) is 0 Å². The molecule has 6 amide bonds. The topological polar surface area (TPSA) is 195 Å². The average molecular weight is 671 g/mol. The second kappa shape index (κ2) is 16.3. The van der Waals surface area contributed by atoms with Crippen molar-refractivity contribution < 1.29 is 33.9 Å². The molecule has 17 heteroatoms. The van der Waals surface area contributed by atoms with E-state index in [1.807, 2.05) is 0 Å². The molecule has 0 aromatic carbocycles. The normalized spacial score (nSPS) is 18.4. The molecule has 0 heterocycles. The first-order chi connectivity index (χ1) is 19.1. The third-order valence-corrected chi connectivity index (χ3v) is 9.19. The molecule has 0 aliphatic rings. The zero-order valence-corrected chi connectivity index (χ0v) is 28.8. The van der Waals surface area contributed by atoms with Crippen molar-refractivity contribution in [1.82, 2.24) is 31.9 Å². The van der Waals surface area contributed by atoms with Crippen LogP contribution in [-0.2, 0) is 28.8 Å². The third kappa shape index (κ3) is 10.1. The summed E-state index contributed by atoms with van der Waals surface area (Å²) in [5.41, 5.74) is -6.50. The molecule has 42 heavy (non-hydrogen) atoms. The number of aliphatic hydroxyl groups excluding tert-OH is 1. The zero-order chi connectivity index (χ0) is 33.3. The van der Waals surface area contributed by atoms with Crippen LogP contribution in [-0.4, -0.2) is 105 Å². The summed E-state index contributed by atoms with van der Waals surface area (Å²) in [6, 6.07) is -1.30. The largest absolute Gasteiger partial charge is 0.391 e. The van der Waals surface area contributed by atoms with Crippen molar-refractivity contribution in [3.05, 3.63) is 0 Å². The molecule has 13 nitrogen and oxygen atoms in total. The van der Waals surface area contributed by atoms with E-state index in [0.717, 1.165) is 0 Å². The van der Waals surface area contributed by atoms with Gasteiger partial charge in [0.25, 0.3) is 0 Å². The second-order valence-corrected chi connectivity index (χ2v) is 12.5. The number of thiol groups is 4. The maximum absolute atomic E-state index is 13.5. The second-order valence-electron chi connectivity index (χ2n) is 11.3. The Morgan fingerprint density at radius 2 is 0.905 bits per heavy atom. The standard InChI is InChI=1S/C25H46N6O7S4/c1-13(2)16(33)28-23(5,10-40)19(36)30-25(7,12-42)21(38)31-24(6,11-41)20(37)29-22(4,9-39)18(35)27-15(14(3)32)17(34)26-8/h13-15,32,39-42H,9-12H2,1-8H3,(H,26,34)(H,27,35)(H,28,33)(H,29,37)(H,30,36)(H,31,38)/t14-,15+,22+,23-,24-,25+/m1/s1. The molecule has 0 saturated carbocycles. The van der Waals surface area contributed by atoms with Crippen molar-refractivity contribution in [1.29, 1.82) is 0 Å². The predicted molar refractivity (Wildman–Crippen MR) is 174 cm³/mol. The Labute approximate surface area is 269 Å². The monoisotopic (exact) mass is 670 g/mol. The average Bonchev–Trinajstić information content (AvgIpc) is 2.94. The highest BCUT2D eigenvalue weighted by molar-refractivity contribution is 7.80. The highest BCUT2D eigenvalue weighted by atomic mass is 32.1. The minimum Gasteiger partial charge on any atom is -0.391 e. The van der Waals surface area contributed by atoms with E-state index >= 15 is 0 Å². The van der Waals surface area contributed by atoms with Gasteiger partial charge >= 0.3 is 0 Å². The first kappa shape index (κ1) is 40.2. The van der Waals surface area contributed by atoms with Gasteiger partial charge in [0.1, 0.15) is 28.2 Å². The van der Waals surface area contributed by atoms with Gasteiger partial charge in [0.15, 0.2) is 0 Å². The van der Waals surface area contributed by atoms with Crippen LogP contribution in [0.3, 0.4) is 0 Å². The number of aliphatic hydroxyl groups is 1. The van der Waals surface area contributed by atoms with Crippen molar-refractivity contribution in [2.24, 2.45) is 5.92 Å². The summed E-state index contributed by atoms with van der Waals surface area (Å²) >= 11 is 16.9. The molecule has 242 valence electrons. The van der Waals surface area contributed by atoms with Crippen LogP contribution in [0.2, 0.25) is 0 Å². The fourth-order valence-corrected chi connectivity index (χ4v) is 4.01. The molecule has 0 aromatic rings. The molecule has 0 radical (unpaired) electrons. The SMILES string of the molecule is CNC(=O)[C@@H](NC(=O)[C@](C)(CS)NC(=O)[C@@](C)(CS)NC(=O)[C@](C)(CS)NC(=O)[C@@](C)(CS)NC(=O)C(C)C)[C@@H](C)O. The van der Waals surface area contributed by atoms with Gasteiger partial charge in [-0.25, -0.2) is 0 Å². The summed E-state index contributed by atoms with van der Waals surface area (Å²) in [7, 11) is 1.34. The first-order valence-corrected chi connectivity index (χ1v) is 15.6. The Kier molecular flexibility index (Phi) is 15.6. The number of nitrogens with one attached hydrogen (secondary N) is 6. The fraction of sp³-hybridized carbons (Fsp3) is 0.760. The molecule has 0 spiro atoms. The van der Waals surface area contributed by atoms with E-state index in [1.54, 1.807) is 13.8 Å². The smallest absolute Gasteiger partial charge is 0.247 e. The molecule has 0 rings (SSSR count). The lowest BCUT2D eigenvalue weighted by Crippen LogP contribution is -2.71. The summed E-state index contributed by atoms with van der Waals surface area (Å²) in [5.74, 6) is -5.25. The van der Waals surface area contributed by atoms with Crippen LogP contribution in [0.1, 0.15) is 48.5 Å². The molecular formula is C25H46N6O7S4. The predicted octanol–water partition coefficient (Wildman–Crippen LogP) is -1.53. The van der Waals surface area contributed by atoms with Gasteiger partial charge in [0.05, 0.1) is 6.10 Å². The van der Waals surface area contributed by atoms with E-state index in [4.69, 9.17) is 0 Å². The quantitative estimate of drug-likeness (QED) is 0.0877. The van der Waals surface area contributed by atoms with Crippen LogP contribution < -0.4 is 31.9 Å². The van der Waals surface area contributed by atoms with E-state index in [0.29, 0.717) is 0 Å². The highest BCUT2D eigenvalue weighted by Gasteiger charge is 2.46. The number of hydrogen-bond donors (Lipinski definition) is 11. The van der Waals surface area contributed by atoms with E-state index < -0.39 is 69.8 Å². The maximum atomic E-state index is 13.5. The van der Waals surface area contributed by atoms with E-state index in [1.165, 1.54) is 41.7 Å².